The monoisotopic (exact) mass is 501 g/mol. The second-order valence-corrected chi connectivity index (χ2v) is 9.71. The number of phenols is 1. The van der Waals surface area contributed by atoms with Crippen molar-refractivity contribution in [2.75, 3.05) is 0 Å². The first-order chi connectivity index (χ1) is 19.3. The van der Waals surface area contributed by atoms with Crippen LogP contribution in [-0.4, -0.2) is 5.11 Å². The molecule has 0 heterocycles. The molecule has 1 nitrogen and oxygen atoms in total. The van der Waals surface area contributed by atoms with Gasteiger partial charge in [-0.3, -0.25) is 0 Å². The second kappa shape index (κ2) is 10.8. The van der Waals surface area contributed by atoms with Crippen LogP contribution >= 0.6 is 0 Å². The number of rotatable bonds is 7. The molecule has 6 rings (SSSR count). The highest BCUT2D eigenvalue weighted by Crippen LogP contribution is 2.45. The molecule has 0 amide bonds. The summed E-state index contributed by atoms with van der Waals surface area (Å²) in [4.78, 5) is 0. The Morgan fingerprint density at radius 1 is 0.333 bits per heavy atom. The Balaban J connectivity index is 1.56. The predicted molar refractivity (Wildman–Crippen MR) is 160 cm³/mol. The molecule has 0 atom stereocenters. The van der Waals surface area contributed by atoms with E-state index < -0.39 is 5.41 Å². The molecule has 6 aromatic carbocycles. The highest BCUT2D eigenvalue weighted by atomic mass is 16.3. The van der Waals surface area contributed by atoms with Gasteiger partial charge >= 0.3 is 0 Å². The zero-order valence-corrected chi connectivity index (χ0v) is 21.6. The van der Waals surface area contributed by atoms with Gasteiger partial charge in [0.2, 0.25) is 0 Å². The van der Waals surface area contributed by atoms with Crippen LogP contribution in [0.25, 0.3) is 0 Å². The SMILES string of the molecule is Oc1ccc([C](c2ccccc2)c2ccc(C(c3ccccc3)(c3ccccc3)c3ccccc3)cc2)cc1. The summed E-state index contributed by atoms with van der Waals surface area (Å²) in [5.41, 5.74) is 7.71. The van der Waals surface area contributed by atoms with Crippen LogP contribution in [0.15, 0.2) is 170 Å². The lowest BCUT2D eigenvalue weighted by Crippen LogP contribution is -2.31. The van der Waals surface area contributed by atoms with E-state index in [1.54, 1.807) is 12.1 Å². The molecule has 0 fully saturated rings. The number of hydrogen-bond donors (Lipinski definition) is 1. The van der Waals surface area contributed by atoms with E-state index in [1.807, 2.05) is 18.2 Å². The topological polar surface area (TPSA) is 20.2 Å². The second-order valence-electron chi connectivity index (χ2n) is 9.71. The molecule has 0 saturated heterocycles. The average molecular weight is 502 g/mol. The van der Waals surface area contributed by atoms with Gasteiger partial charge in [0.25, 0.3) is 0 Å². The summed E-state index contributed by atoms with van der Waals surface area (Å²) in [6, 6.07) is 59.2. The molecule has 0 spiro atoms. The summed E-state index contributed by atoms with van der Waals surface area (Å²) in [5, 5.41) is 9.92. The van der Waals surface area contributed by atoms with Crippen molar-refractivity contribution in [3.63, 3.8) is 0 Å². The maximum atomic E-state index is 9.92. The Morgan fingerprint density at radius 2 is 0.641 bits per heavy atom. The van der Waals surface area contributed by atoms with E-state index in [4.69, 9.17) is 0 Å². The lowest BCUT2D eigenvalue weighted by Gasteiger charge is -2.37. The van der Waals surface area contributed by atoms with Gasteiger partial charge in [-0.25, -0.2) is 0 Å². The molecule has 6 aromatic rings. The summed E-state index contributed by atoms with van der Waals surface area (Å²) < 4.78 is 0. The molecule has 1 N–H and O–H groups in total. The van der Waals surface area contributed by atoms with E-state index in [-0.39, 0.29) is 5.75 Å². The fourth-order valence-corrected chi connectivity index (χ4v) is 5.68. The molecule has 187 valence electrons. The summed E-state index contributed by atoms with van der Waals surface area (Å²) in [5.74, 6) is 1.40. The molecule has 0 aliphatic heterocycles. The van der Waals surface area contributed by atoms with Crippen LogP contribution in [0.2, 0.25) is 0 Å². The van der Waals surface area contributed by atoms with Crippen molar-refractivity contribution >= 4 is 0 Å². The zero-order valence-electron chi connectivity index (χ0n) is 21.6. The zero-order chi connectivity index (χ0) is 26.5. The first kappa shape index (κ1) is 24.5. The fourth-order valence-electron chi connectivity index (χ4n) is 5.68. The Kier molecular flexibility index (Phi) is 6.80. The Morgan fingerprint density at radius 3 is 1.05 bits per heavy atom. The third-order valence-electron chi connectivity index (χ3n) is 7.45. The molecule has 1 radical (unpaired) electrons. The normalized spacial score (nSPS) is 11.4. The summed E-state index contributed by atoms with van der Waals surface area (Å²) in [6.07, 6.45) is 0. The summed E-state index contributed by atoms with van der Waals surface area (Å²) in [6.45, 7) is 0. The van der Waals surface area contributed by atoms with Gasteiger partial charge in [-0.1, -0.05) is 158 Å². The molecular formula is C38H29O. The quantitative estimate of drug-likeness (QED) is 0.217. The minimum Gasteiger partial charge on any atom is -0.508 e. The summed E-state index contributed by atoms with van der Waals surface area (Å²) in [7, 11) is 0. The van der Waals surface area contributed by atoms with Crippen molar-refractivity contribution in [3.05, 3.63) is 215 Å². The largest absolute Gasteiger partial charge is 0.508 e. The van der Waals surface area contributed by atoms with E-state index in [0.717, 1.165) is 22.6 Å². The van der Waals surface area contributed by atoms with Crippen molar-refractivity contribution in [1.82, 2.24) is 0 Å². The van der Waals surface area contributed by atoms with Crippen molar-refractivity contribution in [1.29, 1.82) is 0 Å². The first-order valence-electron chi connectivity index (χ1n) is 13.3. The van der Waals surface area contributed by atoms with Crippen molar-refractivity contribution in [3.8, 4) is 5.75 Å². The van der Waals surface area contributed by atoms with E-state index in [2.05, 4.69) is 140 Å². The molecule has 0 aliphatic carbocycles. The average Bonchev–Trinajstić information content (AvgIpc) is 3.02. The first-order valence-corrected chi connectivity index (χ1v) is 13.3. The van der Waals surface area contributed by atoms with Crippen LogP contribution in [0.5, 0.6) is 5.75 Å². The fraction of sp³-hybridized carbons (Fsp3) is 0.0263. The number of aromatic hydroxyl groups is 1. The molecule has 0 saturated carbocycles. The van der Waals surface area contributed by atoms with Crippen LogP contribution < -0.4 is 0 Å². The third kappa shape index (κ3) is 4.64. The van der Waals surface area contributed by atoms with Crippen molar-refractivity contribution in [2.45, 2.75) is 5.41 Å². The molecular weight excluding hydrogens is 472 g/mol. The van der Waals surface area contributed by atoms with Crippen LogP contribution in [0, 0.1) is 5.92 Å². The van der Waals surface area contributed by atoms with Crippen molar-refractivity contribution in [2.24, 2.45) is 0 Å². The van der Waals surface area contributed by atoms with E-state index in [0.29, 0.717) is 0 Å². The summed E-state index contributed by atoms with van der Waals surface area (Å²) >= 11 is 0. The minimum atomic E-state index is -0.478. The predicted octanol–water partition coefficient (Wildman–Crippen LogP) is 8.79. The molecule has 39 heavy (non-hydrogen) atoms. The maximum Gasteiger partial charge on any atom is 0.115 e. The highest BCUT2D eigenvalue weighted by Gasteiger charge is 2.38. The van der Waals surface area contributed by atoms with Gasteiger partial charge in [0.05, 0.1) is 11.3 Å². The van der Waals surface area contributed by atoms with Gasteiger partial charge in [-0.15, -0.1) is 0 Å². The van der Waals surface area contributed by atoms with Gasteiger partial charge in [-0.05, 0) is 51.1 Å². The van der Waals surface area contributed by atoms with Gasteiger partial charge in [-0.2, -0.15) is 0 Å². The van der Waals surface area contributed by atoms with Crippen LogP contribution in [-0.2, 0) is 5.41 Å². The maximum absolute atomic E-state index is 9.92. The lowest BCUT2D eigenvalue weighted by atomic mass is 9.65. The molecule has 1 heteroatoms. The van der Waals surface area contributed by atoms with Crippen LogP contribution in [0.4, 0.5) is 0 Å². The molecule has 0 aromatic heterocycles. The van der Waals surface area contributed by atoms with Gasteiger partial charge in [0.1, 0.15) is 5.75 Å². The molecule has 0 unspecified atom stereocenters. The van der Waals surface area contributed by atoms with E-state index >= 15 is 0 Å². The number of benzene rings is 6. The number of hydrogen-bond acceptors (Lipinski definition) is 1. The Labute approximate surface area is 230 Å². The smallest absolute Gasteiger partial charge is 0.115 e. The lowest BCUT2D eigenvalue weighted by molar-refractivity contribution is 0.475. The van der Waals surface area contributed by atoms with Crippen LogP contribution in [0.3, 0.4) is 0 Å². The number of phenolic OH excluding ortho intramolecular Hbond substituents is 1. The minimum absolute atomic E-state index is 0.264. The Bertz CT molecular complexity index is 1510. The molecule has 0 aliphatic rings. The van der Waals surface area contributed by atoms with Gasteiger partial charge < -0.3 is 5.11 Å². The van der Waals surface area contributed by atoms with Crippen molar-refractivity contribution < 1.29 is 5.11 Å². The van der Waals surface area contributed by atoms with Crippen LogP contribution in [0.1, 0.15) is 38.9 Å². The van der Waals surface area contributed by atoms with Gasteiger partial charge in [0.15, 0.2) is 0 Å². The van der Waals surface area contributed by atoms with E-state index in [9.17, 15) is 5.11 Å². The van der Waals surface area contributed by atoms with E-state index in [1.165, 1.54) is 22.3 Å². The standard InChI is InChI=1S/C38H29O/c39-36-27-23-31(24-28-36)37(29-13-5-1-6-14-29)30-21-25-35(26-22-30)38(32-15-7-2-8-16-32,33-17-9-3-10-18-33)34-19-11-4-12-20-34/h1-28,39H. The Hall–Kier alpha value is -4.88. The molecule has 0 bridgehead atoms. The van der Waals surface area contributed by atoms with Gasteiger partial charge in [0, 0.05) is 0 Å². The highest BCUT2D eigenvalue weighted by molar-refractivity contribution is 5.62. The third-order valence-corrected chi connectivity index (χ3v) is 7.45.